The summed E-state index contributed by atoms with van der Waals surface area (Å²) in [6, 6.07) is 11.0. The summed E-state index contributed by atoms with van der Waals surface area (Å²) in [6.07, 6.45) is 1.42. The van der Waals surface area contributed by atoms with E-state index < -0.39 is 0 Å². The normalized spacial score (nSPS) is 21.5. The van der Waals surface area contributed by atoms with E-state index in [1.807, 2.05) is 6.07 Å². The van der Waals surface area contributed by atoms with Crippen molar-refractivity contribution in [3.8, 4) is 0 Å². The number of halogens is 2. The molecule has 0 radical (unpaired) electrons. The van der Waals surface area contributed by atoms with Crippen LogP contribution in [0.3, 0.4) is 0 Å². The van der Waals surface area contributed by atoms with Crippen molar-refractivity contribution in [2.75, 3.05) is 20.2 Å². The van der Waals surface area contributed by atoms with Crippen LogP contribution in [0.1, 0.15) is 12.0 Å². The summed E-state index contributed by atoms with van der Waals surface area (Å²) in [5, 5.41) is 6.92. The Labute approximate surface area is 127 Å². The quantitative estimate of drug-likeness (QED) is 0.877. The molecule has 1 aliphatic heterocycles. The number of ether oxygens (including phenoxy) is 1. The van der Waals surface area contributed by atoms with Gasteiger partial charge in [0.25, 0.3) is 0 Å². The van der Waals surface area contributed by atoms with Crippen molar-refractivity contribution in [2.24, 2.45) is 0 Å². The first-order valence-electron chi connectivity index (χ1n) is 5.91. The van der Waals surface area contributed by atoms with Crippen LogP contribution < -0.4 is 10.6 Å². The molecule has 0 saturated carbocycles. The van der Waals surface area contributed by atoms with Gasteiger partial charge in [0, 0.05) is 26.2 Å². The standard InChI is InChI=1S/C13H20N2O.2ClH.H2O/c1-16-13-10-14-8-7-12(13)15-9-11-5-3-2-4-6-11;;;/h2-6,12-15H,7-10H2,1H3;2*1H;1H2/t12-,13+;;;/m1.../s1. The van der Waals surface area contributed by atoms with Crippen LogP contribution in [0.15, 0.2) is 30.3 Å². The number of rotatable bonds is 4. The van der Waals surface area contributed by atoms with Crippen molar-refractivity contribution in [1.82, 2.24) is 10.6 Å². The summed E-state index contributed by atoms with van der Waals surface area (Å²) in [5.41, 5.74) is 1.33. The van der Waals surface area contributed by atoms with Crippen molar-refractivity contribution in [1.29, 1.82) is 0 Å². The van der Waals surface area contributed by atoms with E-state index in [0.717, 1.165) is 26.1 Å². The highest BCUT2D eigenvalue weighted by molar-refractivity contribution is 5.85. The zero-order valence-corrected chi connectivity index (χ0v) is 12.7. The van der Waals surface area contributed by atoms with Gasteiger partial charge in [-0.25, -0.2) is 0 Å². The highest BCUT2D eigenvalue weighted by Crippen LogP contribution is 2.08. The maximum absolute atomic E-state index is 5.47. The Morgan fingerprint density at radius 2 is 1.95 bits per heavy atom. The zero-order valence-electron chi connectivity index (χ0n) is 11.1. The molecule has 1 aliphatic rings. The molecule has 0 bridgehead atoms. The van der Waals surface area contributed by atoms with Crippen LogP contribution in [-0.2, 0) is 11.3 Å². The first-order chi connectivity index (χ1) is 7.90. The van der Waals surface area contributed by atoms with Crippen LogP contribution >= 0.6 is 24.8 Å². The summed E-state index contributed by atoms with van der Waals surface area (Å²) in [7, 11) is 1.79. The largest absolute Gasteiger partial charge is 0.412 e. The van der Waals surface area contributed by atoms with Gasteiger partial charge in [0.1, 0.15) is 0 Å². The van der Waals surface area contributed by atoms with E-state index in [1.165, 1.54) is 5.56 Å². The Bertz CT molecular complexity index is 315. The van der Waals surface area contributed by atoms with Crippen LogP contribution in [0, 0.1) is 0 Å². The van der Waals surface area contributed by atoms with E-state index in [-0.39, 0.29) is 36.4 Å². The van der Waals surface area contributed by atoms with Gasteiger partial charge in [-0.3, -0.25) is 0 Å². The molecular weight excluding hydrogens is 287 g/mol. The molecule has 4 N–H and O–H groups in total. The van der Waals surface area contributed by atoms with E-state index in [0.29, 0.717) is 6.04 Å². The number of piperidine rings is 1. The van der Waals surface area contributed by atoms with Gasteiger partial charge in [-0.2, -0.15) is 0 Å². The van der Waals surface area contributed by atoms with Crippen molar-refractivity contribution in [3.63, 3.8) is 0 Å². The minimum Gasteiger partial charge on any atom is -0.412 e. The molecule has 1 aromatic rings. The number of methoxy groups -OCH3 is 1. The summed E-state index contributed by atoms with van der Waals surface area (Å²) in [6.45, 7) is 2.95. The van der Waals surface area contributed by atoms with Crippen molar-refractivity contribution in [2.45, 2.75) is 25.1 Å². The van der Waals surface area contributed by atoms with Gasteiger partial charge < -0.3 is 20.8 Å². The van der Waals surface area contributed by atoms with Gasteiger partial charge >= 0.3 is 0 Å². The molecule has 19 heavy (non-hydrogen) atoms. The van der Waals surface area contributed by atoms with Gasteiger partial charge in [-0.05, 0) is 18.5 Å². The zero-order chi connectivity index (χ0) is 11.2. The fraction of sp³-hybridized carbons (Fsp3) is 0.538. The lowest BCUT2D eigenvalue weighted by atomic mass is 10.0. The molecule has 1 saturated heterocycles. The molecule has 2 rings (SSSR count). The molecule has 112 valence electrons. The summed E-state index contributed by atoms with van der Waals surface area (Å²) in [5.74, 6) is 0. The highest BCUT2D eigenvalue weighted by atomic mass is 35.5. The molecular formula is C13H24Cl2N2O2. The maximum atomic E-state index is 5.47. The monoisotopic (exact) mass is 310 g/mol. The third kappa shape index (κ3) is 6.56. The Hall–Kier alpha value is -0.360. The molecule has 4 nitrogen and oxygen atoms in total. The first-order valence-corrected chi connectivity index (χ1v) is 5.91. The second-order valence-electron chi connectivity index (χ2n) is 4.24. The fourth-order valence-corrected chi connectivity index (χ4v) is 2.16. The molecule has 0 amide bonds. The lowest BCUT2D eigenvalue weighted by Gasteiger charge is -2.31. The van der Waals surface area contributed by atoms with Gasteiger partial charge in [0.05, 0.1) is 6.10 Å². The Kier molecular flexibility index (Phi) is 12.6. The van der Waals surface area contributed by atoms with E-state index in [1.54, 1.807) is 7.11 Å². The Balaban J connectivity index is 0. The van der Waals surface area contributed by atoms with Gasteiger partial charge in [0.2, 0.25) is 0 Å². The third-order valence-corrected chi connectivity index (χ3v) is 3.14. The molecule has 1 fully saturated rings. The van der Waals surface area contributed by atoms with E-state index in [9.17, 15) is 0 Å². The van der Waals surface area contributed by atoms with E-state index >= 15 is 0 Å². The molecule has 0 aromatic heterocycles. The third-order valence-electron chi connectivity index (χ3n) is 3.14. The van der Waals surface area contributed by atoms with Gasteiger partial charge in [-0.1, -0.05) is 30.3 Å². The minimum atomic E-state index is 0. The van der Waals surface area contributed by atoms with E-state index in [4.69, 9.17) is 4.74 Å². The topological polar surface area (TPSA) is 64.8 Å². The average Bonchev–Trinajstić information content (AvgIpc) is 2.38. The van der Waals surface area contributed by atoms with Crippen LogP contribution in [-0.4, -0.2) is 37.8 Å². The average molecular weight is 311 g/mol. The van der Waals surface area contributed by atoms with Gasteiger partial charge in [-0.15, -0.1) is 24.8 Å². The van der Waals surface area contributed by atoms with Crippen LogP contribution in [0.4, 0.5) is 0 Å². The molecule has 0 spiro atoms. The summed E-state index contributed by atoms with van der Waals surface area (Å²) >= 11 is 0. The van der Waals surface area contributed by atoms with Crippen molar-refractivity contribution in [3.05, 3.63) is 35.9 Å². The minimum absolute atomic E-state index is 0. The van der Waals surface area contributed by atoms with E-state index in [2.05, 4.69) is 34.9 Å². The number of hydrogen-bond acceptors (Lipinski definition) is 3. The maximum Gasteiger partial charge on any atom is 0.0848 e. The molecule has 1 heterocycles. The molecule has 6 heteroatoms. The SMILES string of the molecule is CO[C@H]1CNCC[C@H]1NCc1ccccc1.Cl.Cl.O. The highest BCUT2D eigenvalue weighted by Gasteiger charge is 2.23. The second-order valence-corrected chi connectivity index (χ2v) is 4.24. The van der Waals surface area contributed by atoms with Crippen LogP contribution in [0.2, 0.25) is 0 Å². The number of nitrogens with one attached hydrogen (secondary N) is 2. The Morgan fingerprint density at radius 1 is 1.26 bits per heavy atom. The predicted octanol–water partition coefficient (Wildman–Crippen LogP) is 1.17. The van der Waals surface area contributed by atoms with Crippen LogP contribution in [0.25, 0.3) is 0 Å². The number of hydrogen-bond donors (Lipinski definition) is 2. The van der Waals surface area contributed by atoms with Crippen molar-refractivity contribution >= 4 is 24.8 Å². The smallest absolute Gasteiger partial charge is 0.0848 e. The van der Waals surface area contributed by atoms with Crippen LogP contribution in [0.5, 0.6) is 0 Å². The lowest BCUT2D eigenvalue weighted by Crippen LogP contribution is -2.51. The lowest BCUT2D eigenvalue weighted by molar-refractivity contribution is 0.0512. The van der Waals surface area contributed by atoms with Gasteiger partial charge in [0.15, 0.2) is 0 Å². The second kappa shape index (κ2) is 11.5. The molecule has 0 aliphatic carbocycles. The molecule has 1 aromatic carbocycles. The molecule has 2 atom stereocenters. The first kappa shape index (κ1) is 20.9. The van der Waals surface area contributed by atoms with Crippen molar-refractivity contribution < 1.29 is 10.2 Å². The predicted molar refractivity (Wildman–Crippen MR) is 83.5 cm³/mol. The Morgan fingerprint density at radius 3 is 2.58 bits per heavy atom. The molecule has 0 unspecified atom stereocenters. The summed E-state index contributed by atoms with van der Waals surface area (Å²) < 4.78 is 5.47. The summed E-state index contributed by atoms with van der Waals surface area (Å²) in [4.78, 5) is 0. The number of benzene rings is 1. The fourth-order valence-electron chi connectivity index (χ4n) is 2.16.